The zero-order chi connectivity index (χ0) is 12.3. The van der Waals surface area contributed by atoms with Crippen LogP contribution in [0.2, 0.25) is 0 Å². The normalized spacial score (nSPS) is 20.6. The van der Waals surface area contributed by atoms with E-state index in [2.05, 4.69) is 20.2 Å². The SMILES string of the molecule is CNCC1COCCN1c1cc(=O)[nH]c(C)n1. The van der Waals surface area contributed by atoms with Gasteiger partial charge in [0.25, 0.3) is 5.56 Å². The van der Waals surface area contributed by atoms with Crippen LogP contribution in [-0.2, 0) is 4.74 Å². The third-order valence-electron chi connectivity index (χ3n) is 2.81. The summed E-state index contributed by atoms with van der Waals surface area (Å²) >= 11 is 0. The van der Waals surface area contributed by atoms with Crippen LogP contribution in [0.4, 0.5) is 5.82 Å². The highest BCUT2D eigenvalue weighted by Crippen LogP contribution is 2.15. The molecule has 17 heavy (non-hydrogen) atoms. The first-order chi connectivity index (χ1) is 8.20. The van der Waals surface area contributed by atoms with Gasteiger partial charge in [-0.2, -0.15) is 0 Å². The second-order valence-electron chi connectivity index (χ2n) is 4.17. The van der Waals surface area contributed by atoms with Crippen molar-refractivity contribution in [2.24, 2.45) is 0 Å². The van der Waals surface area contributed by atoms with Gasteiger partial charge in [-0.05, 0) is 14.0 Å². The molecule has 0 radical (unpaired) electrons. The molecule has 0 spiro atoms. The van der Waals surface area contributed by atoms with Crippen LogP contribution in [0.25, 0.3) is 0 Å². The summed E-state index contributed by atoms with van der Waals surface area (Å²) < 4.78 is 5.45. The third kappa shape index (κ3) is 2.83. The number of hydrogen-bond acceptors (Lipinski definition) is 5. The van der Waals surface area contributed by atoms with Crippen LogP contribution in [0.1, 0.15) is 5.82 Å². The maximum Gasteiger partial charge on any atom is 0.252 e. The number of ether oxygens (including phenoxy) is 1. The fourth-order valence-electron chi connectivity index (χ4n) is 2.07. The Balaban J connectivity index is 2.25. The Hall–Kier alpha value is -1.40. The van der Waals surface area contributed by atoms with Crippen molar-refractivity contribution in [1.82, 2.24) is 15.3 Å². The van der Waals surface area contributed by atoms with E-state index in [9.17, 15) is 4.79 Å². The molecule has 0 bridgehead atoms. The van der Waals surface area contributed by atoms with Crippen molar-refractivity contribution in [2.75, 3.05) is 38.3 Å². The van der Waals surface area contributed by atoms with Crippen molar-refractivity contribution in [1.29, 1.82) is 0 Å². The summed E-state index contributed by atoms with van der Waals surface area (Å²) in [5, 5.41) is 3.13. The fourth-order valence-corrected chi connectivity index (χ4v) is 2.07. The van der Waals surface area contributed by atoms with Gasteiger partial charge in [-0.1, -0.05) is 0 Å². The fraction of sp³-hybridized carbons (Fsp3) is 0.636. The van der Waals surface area contributed by atoms with Crippen molar-refractivity contribution in [3.8, 4) is 0 Å². The smallest absolute Gasteiger partial charge is 0.252 e. The zero-order valence-corrected chi connectivity index (χ0v) is 10.2. The number of aryl methyl sites for hydroxylation is 1. The van der Waals surface area contributed by atoms with Gasteiger partial charge in [0.2, 0.25) is 0 Å². The minimum absolute atomic E-state index is 0.109. The number of hydrogen-bond donors (Lipinski definition) is 2. The number of morpholine rings is 1. The molecule has 6 heteroatoms. The summed E-state index contributed by atoms with van der Waals surface area (Å²) in [6.45, 7) is 4.70. The molecule has 0 amide bonds. The summed E-state index contributed by atoms with van der Waals surface area (Å²) in [6, 6.07) is 1.77. The molecule has 1 aromatic heterocycles. The van der Waals surface area contributed by atoms with Gasteiger partial charge in [-0.3, -0.25) is 4.79 Å². The summed E-state index contributed by atoms with van der Waals surface area (Å²) in [5.74, 6) is 1.37. The van der Waals surface area contributed by atoms with Crippen LogP contribution in [0, 0.1) is 6.92 Å². The highest BCUT2D eigenvalue weighted by atomic mass is 16.5. The van der Waals surface area contributed by atoms with Crippen molar-refractivity contribution in [3.05, 3.63) is 22.2 Å². The number of nitrogens with one attached hydrogen (secondary N) is 2. The van der Waals surface area contributed by atoms with Crippen molar-refractivity contribution >= 4 is 5.82 Å². The maximum absolute atomic E-state index is 11.4. The first-order valence-corrected chi connectivity index (χ1v) is 5.77. The van der Waals surface area contributed by atoms with Crippen LogP contribution >= 0.6 is 0 Å². The maximum atomic E-state index is 11.4. The van der Waals surface area contributed by atoms with E-state index in [0.29, 0.717) is 19.0 Å². The summed E-state index contributed by atoms with van der Waals surface area (Å²) in [5.41, 5.74) is -0.109. The van der Waals surface area contributed by atoms with Crippen LogP contribution in [0.5, 0.6) is 0 Å². The van der Waals surface area contributed by atoms with Gasteiger partial charge in [0, 0.05) is 19.2 Å². The Morgan fingerprint density at radius 3 is 3.24 bits per heavy atom. The molecule has 0 aliphatic carbocycles. The topological polar surface area (TPSA) is 70.2 Å². The Bertz CT molecular complexity index is 430. The Kier molecular flexibility index (Phi) is 3.75. The number of likely N-dealkylation sites (N-methyl/N-ethyl adjacent to an activating group) is 1. The predicted molar refractivity (Wildman–Crippen MR) is 65.5 cm³/mol. The van der Waals surface area contributed by atoms with Gasteiger partial charge in [0.05, 0.1) is 19.3 Å². The first-order valence-electron chi connectivity index (χ1n) is 5.77. The molecule has 2 rings (SSSR count). The van der Waals surface area contributed by atoms with E-state index in [1.54, 1.807) is 13.0 Å². The van der Waals surface area contributed by atoms with E-state index in [1.165, 1.54) is 0 Å². The highest BCUT2D eigenvalue weighted by Gasteiger charge is 2.23. The van der Waals surface area contributed by atoms with E-state index in [-0.39, 0.29) is 11.6 Å². The van der Waals surface area contributed by atoms with Crippen molar-refractivity contribution in [3.63, 3.8) is 0 Å². The molecule has 1 aliphatic rings. The minimum Gasteiger partial charge on any atom is -0.377 e. The molecule has 94 valence electrons. The first kappa shape index (κ1) is 12.1. The standard InChI is InChI=1S/C11H18N4O2/c1-8-13-10(5-11(16)14-8)15-3-4-17-7-9(15)6-12-2/h5,9,12H,3-4,6-7H2,1-2H3,(H,13,14,16). The Morgan fingerprint density at radius 2 is 2.53 bits per heavy atom. The molecule has 1 fully saturated rings. The molecular formula is C11H18N4O2. The Labute approximate surface area is 100 Å². The summed E-state index contributed by atoms with van der Waals surface area (Å²) in [4.78, 5) is 20.6. The summed E-state index contributed by atoms with van der Waals surface area (Å²) in [6.07, 6.45) is 0. The lowest BCUT2D eigenvalue weighted by molar-refractivity contribution is 0.0939. The molecule has 1 aromatic rings. The van der Waals surface area contributed by atoms with Gasteiger partial charge in [-0.15, -0.1) is 0 Å². The lowest BCUT2D eigenvalue weighted by Gasteiger charge is -2.36. The van der Waals surface area contributed by atoms with Gasteiger partial charge >= 0.3 is 0 Å². The molecule has 2 N–H and O–H groups in total. The van der Waals surface area contributed by atoms with E-state index in [4.69, 9.17) is 4.74 Å². The monoisotopic (exact) mass is 238 g/mol. The Morgan fingerprint density at radius 1 is 1.71 bits per heavy atom. The average molecular weight is 238 g/mol. The lowest BCUT2D eigenvalue weighted by Crippen LogP contribution is -2.50. The van der Waals surface area contributed by atoms with Crippen LogP contribution in [0.3, 0.4) is 0 Å². The number of aromatic amines is 1. The van der Waals surface area contributed by atoms with E-state index in [1.807, 2.05) is 7.05 Å². The number of H-pyrrole nitrogens is 1. The molecule has 0 aromatic carbocycles. The van der Waals surface area contributed by atoms with Crippen molar-refractivity contribution in [2.45, 2.75) is 13.0 Å². The molecule has 1 saturated heterocycles. The quantitative estimate of drug-likeness (QED) is 0.743. The third-order valence-corrected chi connectivity index (χ3v) is 2.81. The molecule has 1 atom stereocenters. The van der Waals surface area contributed by atoms with Gasteiger partial charge in [0.1, 0.15) is 11.6 Å². The van der Waals surface area contributed by atoms with Gasteiger partial charge in [-0.25, -0.2) is 4.98 Å². The molecular weight excluding hydrogens is 220 g/mol. The predicted octanol–water partition coefficient (Wildman–Crippen LogP) is -0.497. The van der Waals surface area contributed by atoms with Gasteiger partial charge < -0.3 is 19.9 Å². The molecule has 2 heterocycles. The van der Waals surface area contributed by atoms with E-state index >= 15 is 0 Å². The van der Waals surface area contributed by atoms with Crippen LogP contribution in [0.15, 0.2) is 10.9 Å². The molecule has 1 aliphatic heterocycles. The van der Waals surface area contributed by atoms with E-state index < -0.39 is 0 Å². The van der Waals surface area contributed by atoms with Gasteiger partial charge in [0.15, 0.2) is 0 Å². The largest absolute Gasteiger partial charge is 0.377 e. The van der Waals surface area contributed by atoms with Crippen molar-refractivity contribution < 1.29 is 4.74 Å². The highest BCUT2D eigenvalue weighted by molar-refractivity contribution is 5.39. The number of nitrogens with zero attached hydrogens (tertiary/aromatic N) is 2. The second-order valence-corrected chi connectivity index (χ2v) is 4.17. The number of rotatable bonds is 3. The second kappa shape index (κ2) is 5.29. The molecule has 6 nitrogen and oxygen atoms in total. The zero-order valence-electron chi connectivity index (χ0n) is 10.2. The average Bonchev–Trinajstić information content (AvgIpc) is 2.29. The summed E-state index contributed by atoms with van der Waals surface area (Å²) in [7, 11) is 1.91. The molecule has 0 saturated carbocycles. The number of aromatic nitrogens is 2. The van der Waals surface area contributed by atoms with Crippen LogP contribution in [-0.4, -0.2) is 49.4 Å². The number of anilines is 1. The lowest BCUT2D eigenvalue weighted by atomic mass is 10.2. The van der Waals surface area contributed by atoms with E-state index in [0.717, 1.165) is 18.9 Å². The van der Waals surface area contributed by atoms with Crippen LogP contribution < -0.4 is 15.8 Å². The molecule has 1 unspecified atom stereocenters. The minimum atomic E-state index is -0.109.